The van der Waals surface area contributed by atoms with Crippen LogP contribution in [-0.2, 0) is 17.8 Å². The van der Waals surface area contributed by atoms with E-state index in [0.29, 0.717) is 18.1 Å². The molecule has 1 N–H and O–H groups in total. The second-order valence-electron chi connectivity index (χ2n) is 7.93. The smallest absolute Gasteiger partial charge is 0.375 e. The van der Waals surface area contributed by atoms with Crippen LogP contribution in [0.3, 0.4) is 0 Å². The normalized spacial score (nSPS) is 23.2. The summed E-state index contributed by atoms with van der Waals surface area (Å²) in [6.07, 6.45) is -2.97. The molecule has 4 rings (SSSR count). The molecule has 2 aliphatic rings. The Labute approximate surface area is 172 Å². The van der Waals surface area contributed by atoms with Crippen LogP contribution >= 0.6 is 11.6 Å². The number of benzene rings is 1. The molecule has 1 aromatic carbocycles. The van der Waals surface area contributed by atoms with Crippen molar-refractivity contribution in [3.05, 3.63) is 40.4 Å². The molecule has 1 unspecified atom stereocenters. The van der Waals surface area contributed by atoms with Gasteiger partial charge in [0.25, 0.3) is 0 Å². The maximum absolute atomic E-state index is 12.5. The lowest BCUT2D eigenvalue weighted by atomic mass is 9.86. The molecule has 0 bridgehead atoms. The molecule has 1 aromatic heterocycles. The van der Waals surface area contributed by atoms with Crippen molar-refractivity contribution in [3.8, 4) is 5.69 Å². The topological polar surface area (TPSA) is 52.0 Å². The highest BCUT2D eigenvalue weighted by molar-refractivity contribution is 6.30. The Morgan fingerprint density at radius 2 is 1.97 bits per heavy atom. The van der Waals surface area contributed by atoms with Gasteiger partial charge in [0.15, 0.2) is 5.82 Å². The Bertz CT molecular complexity index is 862. The van der Waals surface area contributed by atoms with Crippen molar-refractivity contribution in [3.63, 3.8) is 0 Å². The van der Waals surface area contributed by atoms with Crippen LogP contribution in [0.1, 0.15) is 62.2 Å². The Morgan fingerprint density at radius 3 is 2.69 bits per heavy atom. The van der Waals surface area contributed by atoms with E-state index < -0.39 is 18.7 Å². The van der Waals surface area contributed by atoms with Gasteiger partial charge in [-0.2, -0.15) is 13.2 Å². The molecule has 1 atom stereocenters. The monoisotopic (exact) mass is 428 g/mol. The second kappa shape index (κ2) is 8.24. The van der Waals surface area contributed by atoms with Crippen LogP contribution in [-0.4, -0.2) is 33.1 Å². The molecule has 2 heterocycles. The number of halogens is 4. The first-order valence-electron chi connectivity index (χ1n) is 9.96. The van der Waals surface area contributed by atoms with E-state index in [1.807, 2.05) is 18.2 Å². The zero-order valence-corrected chi connectivity index (χ0v) is 16.9. The first-order valence-corrected chi connectivity index (χ1v) is 10.3. The first-order chi connectivity index (χ1) is 13.8. The maximum Gasteiger partial charge on any atom is 0.391 e. The van der Waals surface area contributed by atoms with E-state index in [4.69, 9.17) is 16.3 Å². The van der Waals surface area contributed by atoms with Gasteiger partial charge in [-0.3, -0.25) is 4.57 Å². The summed E-state index contributed by atoms with van der Waals surface area (Å²) < 4.78 is 45.4. The van der Waals surface area contributed by atoms with Gasteiger partial charge >= 0.3 is 6.18 Å². The van der Waals surface area contributed by atoms with Gasteiger partial charge < -0.3 is 10.1 Å². The minimum absolute atomic E-state index is 0.136. The van der Waals surface area contributed by atoms with E-state index in [-0.39, 0.29) is 12.0 Å². The third kappa shape index (κ3) is 4.75. The minimum Gasteiger partial charge on any atom is -0.375 e. The fourth-order valence-corrected chi connectivity index (χ4v) is 4.55. The first kappa shape index (κ1) is 20.6. The molecule has 9 heteroatoms. The van der Waals surface area contributed by atoms with Gasteiger partial charge in [-0.25, -0.2) is 0 Å². The Morgan fingerprint density at radius 1 is 1.21 bits per heavy atom. The van der Waals surface area contributed by atoms with Crippen molar-refractivity contribution >= 4 is 11.6 Å². The van der Waals surface area contributed by atoms with E-state index >= 15 is 0 Å². The lowest BCUT2D eigenvalue weighted by molar-refractivity contribution is -0.166. The summed E-state index contributed by atoms with van der Waals surface area (Å²) in [6.45, 7) is 2.82. The number of aromatic nitrogens is 3. The van der Waals surface area contributed by atoms with Crippen molar-refractivity contribution in [2.24, 2.45) is 0 Å². The van der Waals surface area contributed by atoms with Crippen molar-refractivity contribution < 1.29 is 17.9 Å². The van der Waals surface area contributed by atoms with E-state index in [2.05, 4.69) is 20.1 Å². The number of alkyl halides is 3. The number of fused-ring (bicyclic) bond motifs is 3. The molecule has 1 aliphatic heterocycles. The predicted molar refractivity (Wildman–Crippen MR) is 103 cm³/mol. The molecule has 0 saturated heterocycles. The van der Waals surface area contributed by atoms with Gasteiger partial charge in [0.2, 0.25) is 0 Å². The van der Waals surface area contributed by atoms with Crippen LogP contribution in [0, 0.1) is 0 Å². The average Bonchev–Trinajstić information content (AvgIpc) is 2.96. The lowest BCUT2D eigenvalue weighted by Gasteiger charge is -2.30. The van der Waals surface area contributed by atoms with Gasteiger partial charge in [-0.1, -0.05) is 11.6 Å². The third-order valence-electron chi connectivity index (χ3n) is 5.62. The lowest BCUT2D eigenvalue weighted by Crippen LogP contribution is -2.28. The summed E-state index contributed by atoms with van der Waals surface area (Å²) in [5.41, 5.74) is 2.13. The summed E-state index contributed by atoms with van der Waals surface area (Å²) in [6, 6.07) is 5.82. The van der Waals surface area contributed by atoms with E-state index in [9.17, 15) is 13.2 Å². The number of nitrogens with zero attached hydrogens (tertiary/aromatic N) is 3. The Kier molecular flexibility index (Phi) is 5.86. The highest BCUT2D eigenvalue weighted by atomic mass is 35.5. The number of hydrogen-bond acceptors (Lipinski definition) is 4. The highest BCUT2D eigenvalue weighted by Crippen LogP contribution is 2.37. The molecule has 0 amide bonds. The van der Waals surface area contributed by atoms with Crippen molar-refractivity contribution in [1.29, 1.82) is 0 Å². The van der Waals surface area contributed by atoms with Gasteiger partial charge in [-0.05, 0) is 56.4 Å². The summed E-state index contributed by atoms with van der Waals surface area (Å²) in [7, 11) is 0. The summed E-state index contributed by atoms with van der Waals surface area (Å²) in [5.74, 6) is 1.97. The van der Waals surface area contributed by atoms with Crippen LogP contribution in [0.5, 0.6) is 0 Å². The Hall–Kier alpha value is -1.64. The van der Waals surface area contributed by atoms with Crippen LogP contribution in [0.2, 0.25) is 5.02 Å². The van der Waals surface area contributed by atoms with Crippen molar-refractivity contribution in [2.45, 2.75) is 76.4 Å². The Balaban J connectivity index is 1.47. The molecule has 0 spiro atoms. The fraction of sp³-hybridized carbons (Fsp3) is 0.600. The standard InChI is InChI=1S/C20H24ClF3N4O/c1-12(9-20(22,23)24)29-16-5-2-13(3-6-16)19-27-26-18-11-25-10-14-8-15(21)4-7-17(14)28(18)19/h4,7-8,12-13,16,25H,2-3,5-6,9-11H2,1H3. The fourth-order valence-electron chi connectivity index (χ4n) is 4.35. The maximum atomic E-state index is 12.5. The molecule has 2 aromatic rings. The molecule has 1 fully saturated rings. The SMILES string of the molecule is CC(CC(F)(F)F)OC1CCC(c2nnc3n2-c2ccc(Cl)cc2CNC3)CC1. The molecule has 0 radical (unpaired) electrons. The second-order valence-corrected chi connectivity index (χ2v) is 8.36. The molecule has 1 aliphatic carbocycles. The van der Waals surface area contributed by atoms with E-state index in [1.165, 1.54) is 6.92 Å². The van der Waals surface area contributed by atoms with Crippen LogP contribution < -0.4 is 5.32 Å². The molecule has 158 valence electrons. The largest absolute Gasteiger partial charge is 0.391 e. The highest BCUT2D eigenvalue weighted by Gasteiger charge is 2.34. The van der Waals surface area contributed by atoms with Crippen LogP contribution in [0.25, 0.3) is 5.69 Å². The number of rotatable bonds is 4. The number of hydrogen-bond donors (Lipinski definition) is 1. The summed E-state index contributed by atoms with van der Waals surface area (Å²) in [5, 5.41) is 12.9. The zero-order chi connectivity index (χ0) is 20.6. The average molecular weight is 429 g/mol. The molecular formula is C20H24ClF3N4O. The van der Waals surface area contributed by atoms with Crippen LogP contribution in [0.15, 0.2) is 18.2 Å². The van der Waals surface area contributed by atoms with Gasteiger partial charge in [0, 0.05) is 17.5 Å². The van der Waals surface area contributed by atoms with E-state index in [1.54, 1.807) is 0 Å². The quantitative estimate of drug-likeness (QED) is 0.752. The molecule has 1 saturated carbocycles. The van der Waals surface area contributed by atoms with Crippen LogP contribution in [0.4, 0.5) is 13.2 Å². The molecule has 29 heavy (non-hydrogen) atoms. The van der Waals surface area contributed by atoms with Gasteiger partial charge in [0.05, 0.1) is 30.9 Å². The van der Waals surface area contributed by atoms with E-state index in [0.717, 1.165) is 48.6 Å². The van der Waals surface area contributed by atoms with Crippen molar-refractivity contribution in [2.75, 3.05) is 0 Å². The summed E-state index contributed by atoms with van der Waals surface area (Å²) in [4.78, 5) is 0. The zero-order valence-electron chi connectivity index (χ0n) is 16.2. The third-order valence-corrected chi connectivity index (χ3v) is 5.85. The summed E-state index contributed by atoms with van der Waals surface area (Å²) >= 11 is 6.16. The van der Waals surface area contributed by atoms with Gasteiger partial charge in [0.1, 0.15) is 5.82 Å². The number of ether oxygens (including phenoxy) is 1. The molecular weight excluding hydrogens is 405 g/mol. The molecule has 5 nitrogen and oxygen atoms in total. The van der Waals surface area contributed by atoms with Gasteiger partial charge in [-0.15, -0.1) is 10.2 Å². The number of nitrogens with one attached hydrogen (secondary N) is 1. The minimum atomic E-state index is -4.19. The predicted octanol–water partition coefficient (Wildman–Crippen LogP) is 4.91. The van der Waals surface area contributed by atoms with Crippen molar-refractivity contribution in [1.82, 2.24) is 20.1 Å².